The summed E-state index contributed by atoms with van der Waals surface area (Å²) in [6.45, 7) is 0.850. The highest BCUT2D eigenvalue weighted by Crippen LogP contribution is 2.17. The van der Waals surface area contributed by atoms with E-state index in [9.17, 15) is 0 Å². The zero-order chi connectivity index (χ0) is 11.4. The first kappa shape index (κ1) is 10.3. The first-order chi connectivity index (χ1) is 7.85. The molecule has 0 N–H and O–H groups in total. The number of benzene rings is 1. The number of fused-ring (bicyclic) bond motifs is 1. The molecule has 0 unspecified atom stereocenters. The fourth-order valence-electron chi connectivity index (χ4n) is 1.79. The van der Waals surface area contributed by atoms with Gasteiger partial charge in [0.05, 0.1) is 17.7 Å². The molecule has 3 heteroatoms. The van der Waals surface area contributed by atoms with Crippen LogP contribution in [0.1, 0.15) is 18.4 Å². The van der Waals surface area contributed by atoms with Gasteiger partial charge in [0, 0.05) is 30.1 Å². The first-order valence-electron chi connectivity index (χ1n) is 5.21. The highest BCUT2D eigenvalue weighted by molar-refractivity contribution is 5.81. The van der Waals surface area contributed by atoms with Crippen LogP contribution in [0.2, 0.25) is 0 Å². The number of unbranched alkanes of at least 4 members (excludes halogenated alkanes) is 1. The average Bonchev–Trinajstić information content (AvgIpc) is 2.72. The normalized spacial score (nSPS) is 9.88. The third-order valence-electron chi connectivity index (χ3n) is 2.59. The molecule has 1 aromatic heterocycles. The zero-order valence-electron chi connectivity index (χ0n) is 8.85. The second-order valence-electron chi connectivity index (χ2n) is 3.66. The van der Waals surface area contributed by atoms with E-state index in [1.165, 1.54) is 0 Å². The minimum atomic E-state index is 0.579. The molecule has 0 aliphatic rings. The van der Waals surface area contributed by atoms with E-state index in [4.69, 9.17) is 10.5 Å². The van der Waals surface area contributed by atoms with Crippen LogP contribution >= 0.6 is 0 Å². The molecule has 16 heavy (non-hydrogen) atoms. The Bertz CT molecular complexity index is 581. The Hall–Kier alpha value is -2.26. The van der Waals surface area contributed by atoms with Crippen LogP contribution < -0.4 is 0 Å². The van der Waals surface area contributed by atoms with Crippen molar-refractivity contribution in [3.05, 3.63) is 36.0 Å². The summed E-state index contributed by atoms with van der Waals surface area (Å²) in [6.07, 6.45) is 3.44. The summed E-state index contributed by atoms with van der Waals surface area (Å²) < 4.78 is 2.12. The third kappa shape index (κ3) is 1.89. The van der Waals surface area contributed by atoms with Gasteiger partial charge in [-0.15, -0.1) is 0 Å². The van der Waals surface area contributed by atoms with Crippen LogP contribution in [-0.2, 0) is 6.54 Å². The largest absolute Gasteiger partial charge is 0.347 e. The summed E-state index contributed by atoms with van der Waals surface area (Å²) in [7, 11) is 0. The second-order valence-corrected chi connectivity index (χ2v) is 3.66. The molecule has 1 heterocycles. The lowest BCUT2D eigenvalue weighted by Gasteiger charge is -2.02. The van der Waals surface area contributed by atoms with Crippen molar-refractivity contribution < 1.29 is 0 Å². The van der Waals surface area contributed by atoms with Gasteiger partial charge in [0.1, 0.15) is 0 Å². The molecule has 0 aliphatic carbocycles. The number of aryl methyl sites for hydroxylation is 1. The van der Waals surface area contributed by atoms with Gasteiger partial charge in [-0.25, -0.2) is 0 Å². The van der Waals surface area contributed by atoms with Crippen molar-refractivity contribution in [1.29, 1.82) is 10.5 Å². The van der Waals surface area contributed by atoms with Gasteiger partial charge >= 0.3 is 0 Å². The van der Waals surface area contributed by atoms with Gasteiger partial charge in [-0.2, -0.15) is 10.5 Å². The Balaban J connectivity index is 2.29. The minimum absolute atomic E-state index is 0.579. The number of nitrogens with zero attached hydrogens (tertiary/aromatic N) is 3. The van der Waals surface area contributed by atoms with Crippen molar-refractivity contribution in [3.8, 4) is 12.1 Å². The van der Waals surface area contributed by atoms with E-state index in [0.29, 0.717) is 12.0 Å². The van der Waals surface area contributed by atoms with Gasteiger partial charge in [-0.1, -0.05) is 0 Å². The summed E-state index contributed by atoms with van der Waals surface area (Å²) in [6, 6.07) is 11.9. The van der Waals surface area contributed by atoms with Crippen LogP contribution in [0.5, 0.6) is 0 Å². The summed E-state index contributed by atoms with van der Waals surface area (Å²) in [4.78, 5) is 0. The van der Waals surface area contributed by atoms with E-state index >= 15 is 0 Å². The molecule has 0 saturated heterocycles. The molecule has 0 amide bonds. The predicted molar refractivity (Wildman–Crippen MR) is 61.5 cm³/mol. The fourth-order valence-corrected chi connectivity index (χ4v) is 1.79. The molecule has 0 fully saturated rings. The summed E-state index contributed by atoms with van der Waals surface area (Å²) >= 11 is 0. The van der Waals surface area contributed by atoms with Crippen LogP contribution in [0.4, 0.5) is 0 Å². The Labute approximate surface area is 94.1 Å². The van der Waals surface area contributed by atoms with Crippen molar-refractivity contribution in [2.24, 2.45) is 0 Å². The van der Waals surface area contributed by atoms with E-state index in [1.807, 2.05) is 30.5 Å². The molecule has 78 valence electrons. The van der Waals surface area contributed by atoms with Crippen LogP contribution in [-0.4, -0.2) is 4.57 Å². The Morgan fingerprint density at radius 3 is 2.81 bits per heavy atom. The maximum atomic E-state index is 8.78. The van der Waals surface area contributed by atoms with E-state index in [-0.39, 0.29) is 0 Å². The summed E-state index contributed by atoms with van der Waals surface area (Å²) in [5.41, 5.74) is 1.80. The molecule has 0 spiro atoms. The lowest BCUT2D eigenvalue weighted by Crippen LogP contribution is -1.95. The predicted octanol–water partition coefficient (Wildman–Crippen LogP) is 2.82. The fraction of sp³-hybridized carbons (Fsp3) is 0.231. The number of hydrogen-bond donors (Lipinski definition) is 0. The monoisotopic (exact) mass is 209 g/mol. The van der Waals surface area contributed by atoms with Gasteiger partial charge in [0.25, 0.3) is 0 Å². The number of hydrogen-bond acceptors (Lipinski definition) is 2. The molecular formula is C13H11N3. The van der Waals surface area contributed by atoms with Gasteiger partial charge in [0.15, 0.2) is 0 Å². The number of aromatic nitrogens is 1. The van der Waals surface area contributed by atoms with Gasteiger partial charge < -0.3 is 4.57 Å². The molecule has 0 radical (unpaired) electrons. The molecule has 0 atom stereocenters. The first-order valence-corrected chi connectivity index (χ1v) is 5.21. The molecule has 1 aromatic carbocycles. The second kappa shape index (κ2) is 4.51. The maximum absolute atomic E-state index is 8.78. The highest BCUT2D eigenvalue weighted by Gasteiger charge is 2.01. The number of nitriles is 2. The van der Waals surface area contributed by atoms with Gasteiger partial charge in [-0.3, -0.25) is 0 Å². The summed E-state index contributed by atoms with van der Waals surface area (Å²) in [5, 5.41) is 18.3. The van der Waals surface area contributed by atoms with Crippen molar-refractivity contribution >= 4 is 10.9 Å². The average molecular weight is 209 g/mol. The minimum Gasteiger partial charge on any atom is -0.347 e. The van der Waals surface area contributed by atoms with E-state index in [2.05, 4.69) is 16.7 Å². The third-order valence-corrected chi connectivity index (χ3v) is 2.59. The highest BCUT2D eigenvalue weighted by atomic mass is 14.9. The van der Waals surface area contributed by atoms with Crippen molar-refractivity contribution in [2.45, 2.75) is 19.4 Å². The standard InChI is InChI=1S/C13H11N3/c14-6-1-2-7-16-8-5-12-9-11(10-15)3-4-13(12)16/h3-5,8-9H,1-2,7H2. The van der Waals surface area contributed by atoms with Crippen LogP contribution in [0, 0.1) is 22.7 Å². The van der Waals surface area contributed by atoms with E-state index in [1.54, 1.807) is 0 Å². The Morgan fingerprint density at radius 1 is 1.19 bits per heavy atom. The molecular weight excluding hydrogens is 198 g/mol. The molecule has 0 aliphatic heterocycles. The molecule has 0 bridgehead atoms. The van der Waals surface area contributed by atoms with Crippen LogP contribution in [0.3, 0.4) is 0 Å². The van der Waals surface area contributed by atoms with Crippen molar-refractivity contribution in [1.82, 2.24) is 4.57 Å². The molecule has 2 rings (SSSR count). The lowest BCUT2D eigenvalue weighted by atomic mass is 10.2. The summed E-state index contributed by atoms with van der Waals surface area (Å²) in [5.74, 6) is 0. The zero-order valence-corrected chi connectivity index (χ0v) is 8.85. The Kier molecular flexibility index (Phi) is 2.89. The van der Waals surface area contributed by atoms with Crippen LogP contribution in [0.15, 0.2) is 30.5 Å². The maximum Gasteiger partial charge on any atom is 0.0991 e. The van der Waals surface area contributed by atoms with Crippen molar-refractivity contribution in [2.75, 3.05) is 0 Å². The van der Waals surface area contributed by atoms with Gasteiger partial charge in [-0.05, 0) is 30.7 Å². The van der Waals surface area contributed by atoms with Crippen LogP contribution in [0.25, 0.3) is 10.9 Å². The van der Waals surface area contributed by atoms with Crippen molar-refractivity contribution in [3.63, 3.8) is 0 Å². The lowest BCUT2D eigenvalue weighted by molar-refractivity contribution is 0.674. The van der Waals surface area contributed by atoms with Gasteiger partial charge in [0.2, 0.25) is 0 Å². The number of rotatable bonds is 3. The molecule has 0 saturated carbocycles. The Morgan fingerprint density at radius 2 is 2.06 bits per heavy atom. The molecule has 2 aromatic rings. The topological polar surface area (TPSA) is 52.5 Å². The van der Waals surface area contributed by atoms with E-state index < -0.39 is 0 Å². The molecule has 3 nitrogen and oxygen atoms in total. The smallest absolute Gasteiger partial charge is 0.0991 e. The SMILES string of the molecule is N#CCCCn1ccc2cc(C#N)ccc21. The quantitative estimate of drug-likeness (QED) is 0.730. The van der Waals surface area contributed by atoms with E-state index in [0.717, 1.165) is 23.9 Å².